The van der Waals surface area contributed by atoms with Gasteiger partial charge in [0, 0.05) is 6.54 Å². The molecule has 1 atom stereocenters. The number of carbonyl (C=O) groups excluding carboxylic acids is 1. The maximum atomic E-state index is 11.0. The zero-order chi connectivity index (χ0) is 8.48. The van der Waals surface area contributed by atoms with E-state index in [1.165, 1.54) is 0 Å². The molecule has 1 unspecified atom stereocenters. The highest BCUT2D eigenvalue weighted by Gasteiger charge is 2.56. The van der Waals surface area contributed by atoms with Crippen molar-refractivity contribution >= 4 is 29.1 Å². The summed E-state index contributed by atoms with van der Waals surface area (Å²) in [7, 11) is 0. The number of hydrogen-bond acceptors (Lipinski definition) is 2. The third-order valence-electron chi connectivity index (χ3n) is 1.55. The lowest BCUT2D eigenvalue weighted by atomic mass is 10.4. The number of aliphatic hydroxyl groups is 1. The molecular formula is C6H9Cl2NO2. The van der Waals surface area contributed by atoms with E-state index in [1.807, 2.05) is 0 Å². The van der Waals surface area contributed by atoms with Gasteiger partial charge in [-0.2, -0.15) is 0 Å². The first-order chi connectivity index (χ1) is 5.08. The fourth-order valence-corrected chi connectivity index (χ4v) is 1.31. The van der Waals surface area contributed by atoms with Crippen LogP contribution in [-0.2, 0) is 4.79 Å². The molecule has 1 rings (SSSR count). The number of aliphatic hydroxyl groups excluding tert-OH is 1. The lowest BCUT2D eigenvalue weighted by Gasteiger charge is -2.01. The Balaban J connectivity index is 2.23. The maximum absolute atomic E-state index is 11.0. The van der Waals surface area contributed by atoms with Gasteiger partial charge in [0.1, 0.15) is 4.33 Å². The maximum Gasteiger partial charge on any atom is 0.226 e. The number of halogens is 2. The lowest BCUT2D eigenvalue weighted by Crippen LogP contribution is -2.29. The second-order valence-corrected chi connectivity index (χ2v) is 4.07. The quantitative estimate of drug-likeness (QED) is 0.640. The molecule has 1 aliphatic carbocycles. The normalized spacial score (nSPS) is 26.3. The number of carbonyl (C=O) groups is 1. The molecule has 0 aliphatic heterocycles. The van der Waals surface area contributed by atoms with Crippen molar-refractivity contribution in [2.45, 2.75) is 10.8 Å². The molecule has 1 aliphatic rings. The van der Waals surface area contributed by atoms with Crippen molar-refractivity contribution in [2.24, 2.45) is 5.92 Å². The molecule has 2 N–H and O–H groups in total. The van der Waals surface area contributed by atoms with Gasteiger partial charge in [-0.05, 0) is 6.42 Å². The lowest BCUT2D eigenvalue weighted by molar-refractivity contribution is -0.122. The van der Waals surface area contributed by atoms with E-state index in [2.05, 4.69) is 5.32 Å². The van der Waals surface area contributed by atoms with E-state index in [1.54, 1.807) is 0 Å². The second kappa shape index (κ2) is 3.17. The molecule has 64 valence electrons. The molecule has 0 spiro atoms. The molecule has 1 fully saturated rings. The van der Waals surface area contributed by atoms with Crippen LogP contribution in [0.15, 0.2) is 0 Å². The van der Waals surface area contributed by atoms with E-state index in [-0.39, 0.29) is 25.0 Å². The fraction of sp³-hybridized carbons (Fsp3) is 0.833. The summed E-state index contributed by atoms with van der Waals surface area (Å²) >= 11 is 11.2. The smallest absolute Gasteiger partial charge is 0.226 e. The third kappa shape index (κ3) is 2.22. The van der Waals surface area contributed by atoms with Crippen LogP contribution in [0.2, 0.25) is 0 Å². The molecule has 0 aromatic rings. The van der Waals surface area contributed by atoms with Crippen LogP contribution in [0.1, 0.15) is 6.42 Å². The minimum Gasteiger partial charge on any atom is -0.395 e. The van der Waals surface area contributed by atoms with Crippen LogP contribution in [0.5, 0.6) is 0 Å². The van der Waals surface area contributed by atoms with Crippen LogP contribution in [0.3, 0.4) is 0 Å². The van der Waals surface area contributed by atoms with Gasteiger partial charge >= 0.3 is 0 Å². The summed E-state index contributed by atoms with van der Waals surface area (Å²) in [5, 5.41) is 10.9. The van der Waals surface area contributed by atoms with E-state index < -0.39 is 4.33 Å². The number of alkyl halides is 2. The van der Waals surface area contributed by atoms with Gasteiger partial charge in [0.15, 0.2) is 0 Å². The molecule has 5 heteroatoms. The Bertz CT molecular complexity index is 172. The molecule has 0 heterocycles. The number of hydrogen-bond donors (Lipinski definition) is 2. The highest BCUT2D eigenvalue weighted by Crippen LogP contribution is 2.53. The summed E-state index contributed by atoms with van der Waals surface area (Å²) in [4.78, 5) is 11.0. The topological polar surface area (TPSA) is 49.3 Å². The fourth-order valence-electron chi connectivity index (χ4n) is 0.800. The Labute approximate surface area is 74.7 Å². The largest absolute Gasteiger partial charge is 0.395 e. The Morgan fingerprint density at radius 3 is 2.64 bits per heavy atom. The predicted octanol–water partition coefficient (Wildman–Crippen LogP) is 0.289. The van der Waals surface area contributed by atoms with Crippen LogP contribution >= 0.6 is 23.2 Å². The van der Waals surface area contributed by atoms with E-state index in [4.69, 9.17) is 28.3 Å². The number of amides is 1. The van der Waals surface area contributed by atoms with Crippen molar-refractivity contribution in [3.05, 3.63) is 0 Å². The zero-order valence-electron chi connectivity index (χ0n) is 5.81. The van der Waals surface area contributed by atoms with E-state index in [9.17, 15) is 4.79 Å². The van der Waals surface area contributed by atoms with Crippen LogP contribution in [-0.4, -0.2) is 28.5 Å². The molecule has 1 saturated carbocycles. The summed E-state index contributed by atoms with van der Waals surface area (Å²) in [5.41, 5.74) is 0. The van der Waals surface area contributed by atoms with Crippen molar-refractivity contribution < 1.29 is 9.90 Å². The molecule has 0 radical (unpaired) electrons. The molecule has 0 saturated heterocycles. The summed E-state index contributed by atoms with van der Waals surface area (Å²) < 4.78 is -0.862. The summed E-state index contributed by atoms with van der Waals surface area (Å²) in [6, 6.07) is 0. The molecule has 3 nitrogen and oxygen atoms in total. The van der Waals surface area contributed by atoms with Gasteiger partial charge in [-0.1, -0.05) is 0 Å². The Hall–Kier alpha value is 0.01000. The number of nitrogens with one attached hydrogen (secondary N) is 1. The van der Waals surface area contributed by atoms with Gasteiger partial charge < -0.3 is 10.4 Å². The summed E-state index contributed by atoms with van der Waals surface area (Å²) in [5.74, 6) is -0.471. The first-order valence-electron chi connectivity index (χ1n) is 3.34. The van der Waals surface area contributed by atoms with Crippen molar-refractivity contribution in [1.82, 2.24) is 5.32 Å². The molecule has 1 amide bonds. The highest BCUT2D eigenvalue weighted by molar-refractivity contribution is 6.52. The Kier molecular flexibility index (Phi) is 2.62. The Morgan fingerprint density at radius 2 is 2.27 bits per heavy atom. The van der Waals surface area contributed by atoms with Gasteiger partial charge in [-0.3, -0.25) is 4.79 Å². The van der Waals surface area contributed by atoms with Crippen molar-refractivity contribution in [3.8, 4) is 0 Å². The standard InChI is InChI=1S/C6H9Cl2NO2/c7-6(8)3-4(6)5(11)9-1-2-10/h4,10H,1-3H2,(H,9,11). The SMILES string of the molecule is O=C(NCCO)C1CC1(Cl)Cl. The van der Waals surface area contributed by atoms with Gasteiger partial charge in [0.2, 0.25) is 5.91 Å². The van der Waals surface area contributed by atoms with Gasteiger partial charge in [0.25, 0.3) is 0 Å². The van der Waals surface area contributed by atoms with Crippen molar-refractivity contribution in [2.75, 3.05) is 13.2 Å². The summed E-state index contributed by atoms with van der Waals surface area (Å²) in [6.45, 7) is 0.204. The average Bonchev–Trinajstić information content (AvgIpc) is 2.55. The Morgan fingerprint density at radius 1 is 1.73 bits per heavy atom. The predicted molar refractivity (Wildman–Crippen MR) is 42.6 cm³/mol. The van der Waals surface area contributed by atoms with Gasteiger partial charge in [0.05, 0.1) is 12.5 Å². The second-order valence-electron chi connectivity index (χ2n) is 2.53. The third-order valence-corrected chi connectivity index (χ3v) is 2.39. The summed E-state index contributed by atoms with van der Waals surface area (Å²) in [6.07, 6.45) is 0.507. The molecular weight excluding hydrogens is 189 g/mol. The monoisotopic (exact) mass is 197 g/mol. The van der Waals surface area contributed by atoms with Gasteiger partial charge in [-0.25, -0.2) is 0 Å². The van der Waals surface area contributed by atoms with E-state index in [0.717, 1.165) is 0 Å². The van der Waals surface area contributed by atoms with Crippen LogP contribution < -0.4 is 5.32 Å². The van der Waals surface area contributed by atoms with E-state index >= 15 is 0 Å². The number of rotatable bonds is 3. The first-order valence-corrected chi connectivity index (χ1v) is 4.10. The van der Waals surface area contributed by atoms with Crippen LogP contribution in [0.4, 0.5) is 0 Å². The van der Waals surface area contributed by atoms with Crippen LogP contribution in [0, 0.1) is 5.92 Å². The minimum absolute atomic E-state index is 0.0595. The molecule has 0 aromatic carbocycles. The zero-order valence-corrected chi connectivity index (χ0v) is 7.32. The molecule has 0 aromatic heterocycles. The van der Waals surface area contributed by atoms with Gasteiger partial charge in [-0.15, -0.1) is 23.2 Å². The average molecular weight is 198 g/mol. The van der Waals surface area contributed by atoms with Crippen LogP contribution in [0.25, 0.3) is 0 Å². The van der Waals surface area contributed by atoms with E-state index in [0.29, 0.717) is 6.42 Å². The molecule has 11 heavy (non-hydrogen) atoms. The van der Waals surface area contributed by atoms with Crippen molar-refractivity contribution in [3.63, 3.8) is 0 Å². The molecule has 0 bridgehead atoms. The van der Waals surface area contributed by atoms with Crippen molar-refractivity contribution in [1.29, 1.82) is 0 Å². The minimum atomic E-state index is -0.862. The highest BCUT2D eigenvalue weighted by atomic mass is 35.5. The first kappa shape index (κ1) is 9.10.